The van der Waals surface area contributed by atoms with Crippen LogP contribution in [0.15, 0.2) is 0 Å². The van der Waals surface area contributed by atoms with E-state index in [-0.39, 0.29) is 25.7 Å². The average molecular weight is 1400 g/mol. The van der Waals surface area contributed by atoms with Gasteiger partial charge in [-0.15, -0.1) is 0 Å². The number of carbonyl (C=O) groups is 4. The number of phosphoric acid groups is 2. The fraction of sp³-hybridized carbons (Fsp3) is 0.947. The number of unbranched alkanes of at least 4 members (excludes halogenated alkanes) is 48. The third-order valence-electron chi connectivity index (χ3n) is 17.8. The second-order valence-corrected chi connectivity index (χ2v) is 30.8. The van der Waals surface area contributed by atoms with Gasteiger partial charge in [-0.1, -0.05) is 349 Å². The van der Waals surface area contributed by atoms with Crippen LogP contribution < -0.4 is 0 Å². The van der Waals surface area contributed by atoms with E-state index in [1.54, 1.807) is 0 Å². The predicted molar refractivity (Wildman–Crippen MR) is 386 cm³/mol. The maximum absolute atomic E-state index is 13.1. The monoisotopic (exact) mass is 1400 g/mol. The van der Waals surface area contributed by atoms with Gasteiger partial charge >= 0.3 is 39.5 Å². The van der Waals surface area contributed by atoms with Gasteiger partial charge in [-0.05, 0) is 31.6 Å². The zero-order chi connectivity index (χ0) is 69.8. The minimum absolute atomic E-state index is 0.106. The summed E-state index contributed by atoms with van der Waals surface area (Å²) in [5, 5.41) is 10.6. The Balaban J connectivity index is 5.12. The fourth-order valence-electron chi connectivity index (χ4n) is 11.7. The van der Waals surface area contributed by atoms with Gasteiger partial charge in [0.1, 0.15) is 19.3 Å². The summed E-state index contributed by atoms with van der Waals surface area (Å²) in [6.45, 7) is 7.20. The van der Waals surface area contributed by atoms with E-state index in [2.05, 4.69) is 34.6 Å². The lowest BCUT2D eigenvalue weighted by atomic mass is 10.0. The van der Waals surface area contributed by atoms with Crippen molar-refractivity contribution in [2.24, 2.45) is 5.92 Å². The zero-order valence-corrected chi connectivity index (χ0v) is 63.6. The number of carbonyl (C=O) groups excluding carboxylic acids is 4. The van der Waals surface area contributed by atoms with E-state index in [0.717, 1.165) is 102 Å². The molecule has 2 unspecified atom stereocenters. The van der Waals surface area contributed by atoms with Crippen LogP contribution in [-0.4, -0.2) is 96.7 Å². The maximum atomic E-state index is 13.1. The lowest BCUT2D eigenvalue weighted by Crippen LogP contribution is -2.30. The van der Waals surface area contributed by atoms with E-state index < -0.39 is 97.5 Å². The Bertz CT molecular complexity index is 1820. The smallest absolute Gasteiger partial charge is 0.462 e. The number of hydrogen-bond donors (Lipinski definition) is 3. The molecule has 0 heterocycles. The molecule has 17 nitrogen and oxygen atoms in total. The molecule has 0 aromatic heterocycles. The van der Waals surface area contributed by atoms with Crippen molar-refractivity contribution in [1.82, 2.24) is 0 Å². The number of phosphoric ester groups is 2. The van der Waals surface area contributed by atoms with Gasteiger partial charge in [-0.3, -0.25) is 37.3 Å². The molecule has 0 spiro atoms. The van der Waals surface area contributed by atoms with Crippen LogP contribution in [0.1, 0.15) is 401 Å². The first-order chi connectivity index (χ1) is 46.0. The molecular formula is C76H148O17P2. The molecule has 5 atom stereocenters. The Morgan fingerprint density at radius 3 is 0.716 bits per heavy atom. The van der Waals surface area contributed by atoms with Gasteiger partial charge in [0, 0.05) is 25.7 Å². The Labute approximate surface area is 581 Å². The van der Waals surface area contributed by atoms with Crippen LogP contribution in [0.2, 0.25) is 0 Å². The quantitative estimate of drug-likeness (QED) is 0.0222. The van der Waals surface area contributed by atoms with Crippen LogP contribution in [0, 0.1) is 5.92 Å². The summed E-state index contributed by atoms with van der Waals surface area (Å²) in [6.07, 6.45) is 58.8. The summed E-state index contributed by atoms with van der Waals surface area (Å²) in [5.41, 5.74) is 0. The highest BCUT2D eigenvalue weighted by atomic mass is 31.2. The van der Waals surface area contributed by atoms with Gasteiger partial charge in [0.15, 0.2) is 12.2 Å². The Hall–Kier alpha value is -1.94. The molecule has 95 heavy (non-hydrogen) atoms. The maximum Gasteiger partial charge on any atom is 0.472 e. The molecule has 0 rings (SSSR count). The van der Waals surface area contributed by atoms with Crippen LogP contribution in [0.25, 0.3) is 0 Å². The molecule has 0 aromatic carbocycles. The Morgan fingerprint density at radius 2 is 0.484 bits per heavy atom. The Kier molecular flexibility index (Phi) is 67.7. The molecule has 0 saturated heterocycles. The second kappa shape index (κ2) is 69.2. The fourth-order valence-corrected chi connectivity index (χ4v) is 13.3. The van der Waals surface area contributed by atoms with Crippen LogP contribution in [-0.2, 0) is 65.4 Å². The molecule has 0 fully saturated rings. The van der Waals surface area contributed by atoms with Crippen molar-refractivity contribution in [3.63, 3.8) is 0 Å². The van der Waals surface area contributed by atoms with Crippen molar-refractivity contribution in [3.8, 4) is 0 Å². The summed E-state index contributed by atoms with van der Waals surface area (Å²) in [4.78, 5) is 72.5. The van der Waals surface area contributed by atoms with Gasteiger partial charge in [-0.25, -0.2) is 9.13 Å². The number of ether oxygens (including phenoxy) is 4. The number of hydrogen-bond acceptors (Lipinski definition) is 15. The first-order valence-corrected chi connectivity index (χ1v) is 42.6. The molecule has 0 aliphatic rings. The SMILES string of the molecule is CCCCCCCCCCCCCCCCCCCCCCCC(=O)O[C@H](COC(=O)CCCCCCCCCCCCCCCCC)COP(=O)(O)OC[C@@H](O)COP(=O)(O)OC[C@@H](COC(=O)CCCCCCC)OC(=O)CCCCCCCCCCCCCC(C)C. The second-order valence-electron chi connectivity index (χ2n) is 27.9. The van der Waals surface area contributed by atoms with E-state index in [1.165, 1.54) is 218 Å². The van der Waals surface area contributed by atoms with Gasteiger partial charge in [-0.2, -0.15) is 0 Å². The zero-order valence-electron chi connectivity index (χ0n) is 61.8. The lowest BCUT2D eigenvalue weighted by molar-refractivity contribution is -0.161. The summed E-state index contributed by atoms with van der Waals surface area (Å²) < 4.78 is 68.3. The molecule has 0 aliphatic carbocycles. The first-order valence-electron chi connectivity index (χ1n) is 39.6. The summed E-state index contributed by atoms with van der Waals surface area (Å²) >= 11 is 0. The van der Waals surface area contributed by atoms with E-state index in [0.29, 0.717) is 25.7 Å². The van der Waals surface area contributed by atoms with E-state index >= 15 is 0 Å². The first kappa shape index (κ1) is 93.1. The number of aliphatic hydroxyl groups is 1. The molecular weight excluding hydrogens is 1250 g/mol. The van der Waals surface area contributed by atoms with E-state index in [9.17, 15) is 43.2 Å². The molecule has 564 valence electrons. The van der Waals surface area contributed by atoms with Crippen molar-refractivity contribution >= 4 is 39.5 Å². The van der Waals surface area contributed by atoms with Crippen molar-refractivity contribution in [3.05, 3.63) is 0 Å². The average Bonchev–Trinajstić information content (AvgIpc) is 3.23. The van der Waals surface area contributed by atoms with Crippen molar-refractivity contribution in [2.75, 3.05) is 39.6 Å². The van der Waals surface area contributed by atoms with Gasteiger partial charge in [0.05, 0.1) is 26.4 Å². The predicted octanol–water partition coefficient (Wildman–Crippen LogP) is 22.5. The van der Waals surface area contributed by atoms with E-state index in [1.807, 2.05) is 0 Å². The van der Waals surface area contributed by atoms with Crippen LogP contribution >= 0.6 is 15.6 Å². The Morgan fingerprint density at radius 1 is 0.284 bits per heavy atom. The molecule has 19 heteroatoms. The number of aliphatic hydroxyl groups excluding tert-OH is 1. The molecule has 0 saturated carbocycles. The largest absolute Gasteiger partial charge is 0.472 e. The topological polar surface area (TPSA) is 237 Å². The van der Waals surface area contributed by atoms with Crippen LogP contribution in [0.5, 0.6) is 0 Å². The van der Waals surface area contributed by atoms with Gasteiger partial charge in [0.2, 0.25) is 0 Å². The molecule has 0 aromatic rings. The molecule has 0 bridgehead atoms. The number of rotatable bonds is 76. The summed E-state index contributed by atoms with van der Waals surface area (Å²) in [6, 6.07) is 0. The number of esters is 4. The molecule has 0 amide bonds. The normalized spacial score (nSPS) is 13.9. The van der Waals surface area contributed by atoms with Gasteiger partial charge in [0.25, 0.3) is 0 Å². The molecule has 0 aliphatic heterocycles. The minimum atomic E-state index is -4.95. The highest BCUT2D eigenvalue weighted by molar-refractivity contribution is 7.47. The van der Waals surface area contributed by atoms with E-state index in [4.69, 9.17) is 37.0 Å². The van der Waals surface area contributed by atoms with Crippen molar-refractivity contribution in [2.45, 2.75) is 419 Å². The van der Waals surface area contributed by atoms with Crippen molar-refractivity contribution < 1.29 is 80.2 Å². The minimum Gasteiger partial charge on any atom is -0.462 e. The highest BCUT2D eigenvalue weighted by Crippen LogP contribution is 2.45. The highest BCUT2D eigenvalue weighted by Gasteiger charge is 2.30. The van der Waals surface area contributed by atoms with Crippen LogP contribution in [0.4, 0.5) is 0 Å². The molecule has 3 N–H and O–H groups in total. The van der Waals surface area contributed by atoms with Gasteiger partial charge < -0.3 is 33.8 Å². The standard InChI is InChI=1S/C76H148O17P2/c1-6-9-12-15-17-19-21-23-25-26-27-28-29-30-32-34-38-42-46-51-56-61-76(81)93-72(66-87-74(79)60-55-50-45-41-37-33-31-24-22-20-18-16-13-10-7-2)68-91-95(84,85)89-64-70(77)63-88-94(82,83)90-67-71(65-86-73(78)59-54-48-14-11-8-3)92-75(80)62-57-52-47-43-39-35-36-40-44-49-53-58-69(4)5/h69-72,77H,6-68H2,1-5H3,(H,82,83)(H,84,85)/t70-,71+,72+/m0/s1. The lowest BCUT2D eigenvalue weighted by Gasteiger charge is -2.21. The third-order valence-corrected chi connectivity index (χ3v) is 19.7. The summed E-state index contributed by atoms with van der Waals surface area (Å²) in [5.74, 6) is -1.36. The van der Waals surface area contributed by atoms with Crippen LogP contribution in [0.3, 0.4) is 0 Å². The van der Waals surface area contributed by atoms with Crippen molar-refractivity contribution in [1.29, 1.82) is 0 Å². The third kappa shape index (κ3) is 70.3. The molecule has 0 radical (unpaired) electrons. The summed E-state index contributed by atoms with van der Waals surface area (Å²) in [7, 11) is -9.90.